The number of phenolic OH excluding ortho intramolecular Hbond substituents is 1. The second-order valence-corrected chi connectivity index (χ2v) is 6.48. The van der Waals surface area contributed by atoms with E-state index in [-0.39, 0.29) is 11.3 Å². The minimum Gasteiger partial charge on any atom is -0.508 e. The van der Waals surface area contributed by atoms with Crippen molar-refractivity contribution >= 4 is 11.7 Å². The van der Waals surface area contributed by atoms with Crippen LogP contribution in [0.15, 0.2) is 36.4 Å². The average Bonchev–Trinajstić information content (AvgIpc) is 2.60. The molecule has 0 bridgehead atoms. The van der Waals surface area contributed by atoms with E-state index < -0.39 is 5.97 Å². The third-order valence-corrected chi connectivity index (χ3v) is 4.36. The predicted molar refractivity (Wildman–Crippen MR) is 104 cm³/mol. The van der Waals surface area contributed by atoms with Crippen molar-refractivity contribution in [3.05, 3.63) is 53.1 Å². The summed E-state index contributed by atoms with van der Waals surface area (Å²) < 4.78 is 5.68. The van der Waals surface area contributed by atoms with E-state index in [1.807, 2.05) is 32.2 Å². The number of ether oxygens (including phenoxy) is 1. The van der Waals surface area contributed by atoms with Crippen LogP contribution in [0.4, 0.5) is 5.69 Å². The maximum atomic E-state index is 11.4. The zero-order valence-electron chi connectivity index (χ0n) is 15.7. The highest BCUT2D eigenvalue weighted by Crippen LogP contribution is 2.25. The van der Waals surface area contributed by atoms with Gasteiger partial charge in [-0.2, -0.15) is 0 Å². The number of likely N-dealkylation sites (N-methyl/N-ethyl adjacent to an activating group) is 1. The topological polar surface area (TPSA) is 70.0 Å². The van der Waals surface area contributed by atoms with E-state index in [2.05, 4.69) is 11.8 Å². The van der Waals surface area contributed by atoms with E-state index in [0.717, 1.165) is 42.6 Å². The molecule has 0 radical (unpaired) electrons. The van der Waals surface area contributed by atoms with Gasteiger partial charge in [-0.25, -0.2) is 4.79 Å². The number of aromatic carboxylic acids is 1. The summed E-state index contributed by atoms with van der Waals surface area (Å²) in [5.74, 6) is -0.274. The highest BCUT2D eigenvalue weighted by molar-refractivity contribution is 5.91. The van der Waals surface area contributed by atoms with Crippen LogP contribution in [0.3, 0.4) is 0 Å². The SMILES string of the molecule is CCCCOc1cc(CCN(C)c2ccc(O)cc2C)ccc1C(=O)O. The number of carboxylic acid groups (broad SMARTS) is 1. The van der Waals surface area contributed by atoms with Crippen molar-refractivity contribution < 1.29 is 19.7 Å². The smallest absolute Gasteiger partial charge is 0.339 e. The minimum atomic E-state index is -0.972. The molecule has 0 spiro atoms. The Hall–Kier alpha value is -2.69. The number of aryl methyl sites for hydroxylation is 1. The van der Waals surface area contributed by atoms with E-state index in [1.165, 1.54) is 0 Å². The third-order valence-electron chi connectivity index (χ3n) is 4.36. The summed E-state index contributed by atoms with van der Waals surface area (Å²) in [6.07, 6.45) is 2.66. The highest BCUT2D eigenvalue weighted by Gasteiger charge is 2.13. The van der Waals surface area contributed by atoms with Gasteiger partial charge in [-0.1, -0.05) is 19.4 Å². The molecule has 0 aromatic heterocycles. The summed E-state index contributed by atoms with van der Waals surface area (Å²) in [6, 6.07) is 10.6. The number of hydrogen-bond donors (Lipinski definition) is 2. The number of benzene rings is 2. The summed E-state index contributed by atoms with van der Waals surface area (Å²) >= 11 is 0. The monoisotopic (exact) mass is 357 g/mol. The van der Waals surface area contributed by atoms with Crippen LogP contribution >= 0.6 is 0 Å². The number of nitrogens with zero attached hydrogens (tertiary/aromatic N) is 1. The fraction of sp³-hybridized carbons (Fsp3) is 0.381. The molecule has 5 nitrogen and oxygen atoms in total. The number of carbonyl (C=O) groups is 1. The lowest BCUT2D eigenvalue weighted by Crippen LogP contribution is -2.21. The Balaban J connectivity index is 2.08. The first kappa shape index (κ1) is 19.6. The largest absolute Gasteiger partial charge is 0.508 e. The lowest BCUT2D eigenvalue weighted by atomic mass is 10.1. The zero-order chi connectivity index (χ0) is 19.1. The summed E-state index contributed by atoms with van der Waals surface area (Å²) in [6.45, 7) is 5.32. The number of rotatable bonds is 9. The molecule has 26 heavy (non-hydrogen) atoms. The second-order valence-electron chi connectivity index (χ2n) is 6.48. The number of phenols is 1. The first-order chi connectivity index (χ1) is 12.4. The maximum absolute atomic E-state index is 11.4. The summed E-state index contributed by atoms with van der Waals surface area (Å²) in [4.78, 5) is 13.5. The lowest BCUT2D eigenvalue weighted by Gasteiger charge is -2.22. The van der Waals surface area contributed by atoms with Crippen LogP contribution in [-0.4, -0.2) is 36.4 Å². The fourth-order valence-electron chi connectivity index (χ4n) is 2.83. The summed E-state index contributed by atoms with van der Waals surface area (Å²) in [7, 11) is 2.00. The standard InChI is InChI=1S/C21H27NO4/c1-4-5-12-26-20-14-16(6-8-18(20)21(24)25)10-11-22(3)19-9-7-17(23)13-15(19)2/h6-9,13-14,23H,4-5,10-12H2,1-3H3,(H,24,25). The lowest BCUT2D eigenvalue weighted by molar-refractivity contribution is 0.0692. The van der Waals surface area contributed by atoms with E-state index in [1.54, 1.807) is 18.2 Å². The first-order valence-electron chi connectivity index (χ1n) is 8.92. The van der Waals surface area contributed by atoms with Gasteiger partial charge in [-0.15, -0.1) is 0 Å². The van der Waals surface area contributed by atoms with E-state index >= 15 is 0 Å². The molecule has 2 aromatic rings. The first-order valence-corrected chi connectivity index (χ1v) is 8.92. The average molecular weight is 357 g/mol. The molecule has 140 valence electrons. The van der Waals surface area contributed by atoms with Crippen LogP contribution in [0.1, 0.15) is 41.3 Å². The van der Waals surface area contributed by atoms with Gasteiger partial charge in [-0.05, 0) is 61.2 Å². The molecule has 0 fully saturated rings. The molecule has 2 N–H and O–H groups in total. The van der Waals surface area contributed by atoms with Crippen LogP contribution in [0.2, 0.25) is 0 Å². The molecular formula is C21H27NO4. The van der Waals surface area contributed by atoms with Crippen LogP contribution < -0.4 is 9.64 Å². The molecule has 0 saturated heterocycles. The van der Waals surface area contributed by atoms with E-state index in [0.29, 0.717) is 12.4 Å². The van der Waals surface area contributed by atoms with Crippen LogP contribution in [0, 0.1) is 6.92 Å². The zero-order valence-corrected chi connectivity index (χ0v) is 15.7. The van der Waals surface area contributed by atoms with Gasteiger partial charge in [0, 0.05) is 19.3 Å². The van der Waals surface area contributed by atoms with Crippen LogP contribution in [0.5, 0.6) is 11.5 Å². The molecule has 2 rings (SSSR count). The normalized spacial score (nSPS) is 10.6. The van der Waals surface area contributed by atoms with Gasteiger partial charge in [0.1, 0.15) is 17.1 Å². The van der Waals surface area contributed by atoms with Crippen molar-refractivity contribution in [1.29, 1.82) is 0 Å². The fourth-order valence-corrected chi connectivity index (χ4v) is 2.83. The molecule has 0 unspecified atom stereocenters. The predicted octanol–water partition coefficient (Wildman–Crippen LogP) is 4.26. The van der Waals surface area contributed by atoms with Gasteiger partial charge in [0.15, 0.2) is 0 Å². The van der Waals surface area contributed by atoms with Gasteiger partial charge < -0.3 is 19.8 Å². The Kier molecular flexibility index (Phi) is 6.89. The van der Waals surface area contributed by atoms with Crippen LogP contribution in [-0.2, 0) is 6.42 Å². The number of carboxylic acids is 1. The van der Waals surface area contributed by atoms with Gasteiger partial charge in [0.05, 0.1) is 6.61 Å². The second kappa shape index (κ2) is 9.13. The number of unbranched alkanes of at least 4 members (excludes halogenated alkanes) is 1. The number of anilines is 1. The van der Waals surface area contributed by atoms with Crippen molar-refractivity contribution in [2.45, 2.75) is 33.1 Å². The van der Waals surface area contributed by atoms with Crippen molar-refractivity contribution in [2.24, 2.45) is 0 Å². The molecule has 0 aliphatic rings. The van der Waals surface area contributed by atoms with Crippen molar-refractivity contribution in [1.82, 2.24) is 0 Å². The van der Waals surface area contributed by atoms with Crippen LogP contribution in [0.25, 0.3) is 0 Å². The van der Waals surface area contributed by atoms with Crippen molar-refractivity contribution in [3.8, 4) is 11.5 Å². The van der Waals surface area contributed by atoms with Gasteiger partial charge in [0.25, 0.3) is 0 Å². The van der Waals surface area contributed by atoms with E-state index in [9.17, 15) is 15.0 Å². The highest BCUT2D eigenvalue weighted by atomic mass is 16.5. The molecule has 0 saturated carbocycles. The Morgan fingerprint density at radius 2 is 1.96 bits per heavy atom. The molecular weight excluding hydrogens is 330 g/mol. The summed E-state index contributed by atoms with van der Waals surface area (Å²) in [5.41, 5.74) is 3.30. The molecule has 0 atom stereocenters. The van der Waals surface area contributed by atoms with Gasteiger partial charge in [0.2, 0.25) is 0 Å². The molecule has 0 amide bonds. The van der Waals surface area contributed by atoms with Crippen molar-refractivity contribution in [3.63, 3.8) is 0 Å². The Morgan fingerprint density at radius 1 is 1.19 bits per heavy atom. The number of hydrogen-bond acceptors (Lipinski definition) is 4. The Bertz CT molecular complexity index is 758. The number of aromatic hydroxyl groups is 1. The Morgan fingerprint density at radius 3 is 2.62 bits per heavy atom. The third kappa shape index (κ3) is 5.15. The molecule has 2 aromatic carbocycles. The minimum absolute atomic E-state index is 0.201. The summed E-state index contributed by atoms with van der Waals surface area (Å²) in [5, 5.41) is 18.9. The van der Waals surface area contributed by atoms with Gasteiger partial charge in [-0.3, -0.25) is 0 Å². The maximum Gasteiger partial charge on any atom is 0.339 e. The molecule has 0 aliphatic carbocycles. The molecule has 0 heterocycles. The van der Waals surface area contributed by atoms with E-state index in [4.69, 9.17) is 4.74 Å². The van der Waals surface area contributed by atoms with Crippen molar-refractivity contribution in [2.75, 3.05) is 25.1 Å². The van der Waals surface area contributed by atoms with Gasteiger partial charge >= 0.3 is 5.97 Å². The Labute approximate surface area is 154 Å². The molecule has 5 heteroatoms. The quantitative estimate of drug-likeness (QED) is 0.656. The molecule has 0 aliphatic heterocycles.